The molecule has 1 aromatic rings. The van der Waals surface area contributed by atoms with Gasteiger partial charge in [0.15, 0.2) is 0 Å². The van der Waals surface area contributed by atoms with E-state index >= 15 is 0 Å². The van der Waals surface area contributed by atoms with Crippen LogP contribution in [-0.2, 0) is 6.42 Å². The van der Waals surface area contributed by atoms with Gasteiger partial charge in [0.25, 0.3) is 0 Å². The Kier molecular flexibility index (Phi) is 2.28. The standard InChI is InChI=1S/C10H13ClN2/c11-7-2-3-8-6(5-7)1-4-9(12)10(8)13/h2-3,5,9-10H,1,4,12-13H2/t9-,10-/m1/s1. The Balaban J connectivity index is 2.44. The van der Waals surface area contributed by atoms with Crippen molar-refractivity contribution in [3.63, 3.8) is 0 Å². The van der Waals surface area contributed by atoms with Crippen LogP contribution >= 0.6 is 11.6 Å². The van der Waals surface area contributed by atoms with E-state index in [1.165, 1.54) is 5.56 Å². The van der Waals surface area contributed by atoms with Crippen molar-refractivity contribution >= 4 is 11.6 Å². The average molecular weight is 197 g/mol. The van der Waals surface area contributed by atoms with E-state index < -0.39 is 0 Å². The largest absolute Gasteiger partial charge is 0.326 e. The quantitative estimate of drug-likeness (QED) is 0.663. The summed E-state index contributed by atoms with van der Waals surface area (Å²) in [5, 5.41) is 0.779. The van der Waals surface area contributed by atoms with Crippen LogP contribution in [0.2, 0.25) is 5.02 Å². The minimum Gasteiger partial charge on any atom is -0.326 e. The van der Waals surface area contributed by atoms with Gasteiger partial charge >= 0.3 is 0 Å². The number of hydrogen-bond acceptors (Lipinski definition) is 2. The van der Waals surface area contributed by atoms with Crippen molar-refractivity contribution in [3.8, 4) is 0 Å². The molecule has 3 heteroatoms. The summed E-state index contributed by atoms with van der Waals surface area (Å²) in [5.41, 5.74) is 14.3. The van der Waals surface area contributed by atoms with Crippen molar-refractivity contribution in [1.82, 2.24) is 0 Å². The van der Waals surface area contributed by atoms with Gasteiger partial charge in [0, 0.05) is 17.1 Å². The molecule has 0 radical (unpaired) electrons. The fourth-order valence-electron chi connectivity index (χ4n) is 1.85. The van der Waals surface area contributed by atoms with Gasteiger partial charge in [-0.15, -0.1) is 0 Å². The van der Waals surface area contributed by atoms with Gasteiger partial charge in [-0.1, -0.05) is 17.7 Å². The summed E-state index contributed by atoms with van der Waals surface area (Å²) < 4.78 is 0. The predicted octanol–water partition coefficient (Wildman–Crippen LogP) is 1.61. The Morgan fingerprint density at radius 2 is 2.08 bits per heavy atom. The number of benzene rings is 1. The van der Waals surface area contributed by atoms with Crippen LogP contribution in [0.25, 0.3) is 0 Å². The van der Waals surface area contributed by atoms with E-state index in [0.717, 1.165) is 23.4 Å². The zero-order valence-corrected chi connectivity index (χ0v) is 8.09. The van der Waals surface area contributed by atoms with Crippen molar-refractivity contribution in [3.05, 3.63) is 34.3 Å². The van der Waals surface area contributed by atoms with Crippen LogP contribution in [0.1, 0.15) is 23.6 Å². The van der Waals surface area contributed by atoms with Crippen molar-refractivity contribution in [2.75, 3.05) is 0 Å². The summed E-state index contributed by atoms with van der Waals surface area (Å²) in [6, 6.07) is 5.91. The van der Waals surface area contributed by atoms with E-state index in [1.807, 2.05) is 18.2 Å². The molecule has 70 valence electrons. The van der Waals surface area contributed by atoms with Gasteiger partial charge in [-0.25, -0.2) is 0 Å². The molecule has 0 bridgehead atoms. The highest BCUT2D eigenvalue weighted by atomic mass is 35.5. The van der Waals surface area contributed by atoms with Gasteiger partial charge in [-0.3, -0.25) is 0 Å². The number of hydrogen-bond donors (Lipinski definition) is 2. The Hall–Kier alpha value is -0.570. The summed E-state index contributed by atoms with van der Waals surface area (Å²) in [4.78, 5) is 0. The highest BCUT2D eigenvalue weighted by Crippen LogP contribution is 2.29. The lowest BCUT2D eigenvalue weighted by atomic mass is 9.85. The smallest absolute Gasteiger partial charge is 0.0451 e. The Bertz CT molecular complexity index is 325. The molecule has 1 aromatic carbocycles. The molecule has 1 aliphatic carbocycles. The maximum atomic E-state index is 5.97. The van der Waals surface area contributed by atoms with Gasteiger partial charge in [0.05, 0.1) is 0 Å². The van der Waals surface area contributed by atoms with Crippen LogP contribution in [0, 0.1) is 0 Å². The topological polar surface area (TPSA) is 52.0 Å². The maximum Gasteiger partial charge on any atom is 0.0451 e. The molecule has 0 heterocycles. The number of rotatable bonds is 0. The first kappa shape index (κ1) is 9.00. The summed E-state index contributed by atoms with van der Waals surface area (Å²) in [6.07, 6.45) is 1.94. The van der Waals surface area contributed by atoms with E-state index in [0.29, 0.717) is 0 Å². The van der Waals surface area contributed by atoms with Gasteiger partial charge in [-0.2, -0.15) is 0 Å². The normalized spacial score (nSPS) is 27.0. The molecule has 0 aromatic heterocycles. The van der Waals surface area contributed by atoms with Gasteiger partial charge < -0.3 is 11.5 Å². The maximum absolute atomic E-state index is 5.97. The first-order chi connectivity index (χ1) is 6.18. The lowest BCUT2D eigenvalue weighted by molar-refractivity contribution is 0.481. The lowest BCUT2D eigenvalue weighted by Crippen LogP contribution is -2.38. The van der Waals surface area contributed by atoms with Crippen molar-refractivity contribution in [1.29, 1.82) is 0 Å². The molecule has 0 saturated heterocycles. The Labute approximate surface area is 82.9 Å². The van der Waals surface area contributed by atoms with Gasteiger partial charge in [0.2, 0.25) is 0 Å². The summed E-state index contributed by atoms with van der Waals surface area (Å²) in [6.45, 7) is 0. The first-order valence-electron chi connectivity index (χ1n) is 4.48. The molecule has 13 heavy (non-hydrogen) atoms. The predicted molar refractivity (Wildman–Crippen MR) is 54.7 cm³/mol. The molecule has 0 fully saturated rings. The number of aryl methyl sites for hydroxylation is 1. The Morgan fingerprint density at radius 3 is 2.85 bits per heavy atom. The first-order valence-corrected chi connectivity index (χ1v) is 4.86. The SMILES string of the molecule is N[C@@H]1CCc2cc(Cl)ccc2[C@H]1N. The van der Waals surface area contributed by atoms with Crippen molar-refractivity contribution in [2.24, 2.45) is 11.5 Å². The number of halogens is 1. The average Bonchev–Trinajstić information content (AvgIpc) is 2.12. The van der Waals surface area contributed by atoms with E-state index in [-0.39, 0.29) is 12.1 Å². The van der Waals surface area contributed by atoms with E-state index in [4.69, 9.17) is 23.1 Å². The number of fused-ring (bicyclic) bond motifs is 1. The second-order valence-electron chi connectivity index (χ2n) is 3.57. The molecular weight excluding hydrogens is 184 g/mol. The fraction of sp³-hybridized carbons (Fsp3) is 0.400. The van der Waals surface area contributed by atoms with Crippen LogP contribution in [-0.4, -0.2) is 6.04 Å². The van der Waals surface area contributed by atoms with E-state index in [9.17, 15) is 0 Å². The van der Waals surface area contributed by atoms with Crippen LogP contribution < -0.4 is 11.5 Å². The summed E-state index contributed by atoms with van der Waals surface area (Å²) in [7, 11) is 0. The molecule has 0 aliphatic heterocycles. The summed E-state index contributed by atoms with van der Waals surface area (Å²) in [5.74, 6) is 0. The molecular formula is C10H13ClN2. The molecule has 0 saturated carbocycles. The minimum atomic E-state index is -0.0268. The zero-order valence-electron chi connectivity index (χ0n) is 7.33. The molecule has 2 rings (SSSR count). The second-order valence-corrected chi connectivity index (χ2v) is 4.01. The van der Waals surface area contributed by atoms with Gasteiger partial charge in [0.1, 0.15) is 0 Å². The van der Waals surface area contributed by atoms with Crippen LogP contribution in [0.3, 0.4) is 0 Å². The molecule has 2 nitrogen and oxygen atoms in total. The second kappa shape index (κ2) is 3.29. The fourth-order valence-corrected chi connectivity index (χ4v) is 2.04. The van der Waals surface area contributed by atoms with Gasteiger partial charge in [-0.05, 0) is 36.1 Å². The van der Waals surface area contributed by atoms with E-state index in [1.54, 1.807) is 0 Å². The molecule has 4 N–H and O–H groups in total. The highest BCUT2D eigenvalue weighted by Gasteiger charge is 2.23. The molecule has 2 atom stereocenters. The minimum absolute atomic E-state index is 0.0268. The third kappa shape index (κ3) is 1.57. The molecule has 1 aliphatic rings. The summed E-state index contributed by atoms with van der Waals surface area (Å²) >= 11 is 5.89. The molecule has 0 spiro atoms. The zero-order chi connectivity index (χ0) is 9.42. The third-order valence-electron chi connectivity index (χ3n) is 2.67. The monoisotopic (exact) mass is 196 g/mol. The lowest BCUT2D eigenvalue weighted by Gasteiger charge is -2.28. The van der Waals surface area contributed by atoms with Crippen molar-refractivity contribution < 1.29 is 0 Å². The third-order valence-corrected chi connectivity index (χ3v) is 2.91. The Morgan fingerprint density at radius 1 is 1.31 bits per heavy atom. The van der Waals surface area contributed by atoms with E-state index in [2.05, 4.69) is 0 Å². The van der Waals surface area contributed by atoms with Crippen LogP contribution in [0.15, 0.2) is 18.2 Å². The number of nitrogens with two attached hydrogens (primary N) is 2. The van der Waals surface area contributed by atoms with Crippen LogP contribution in [0.4, 0.5) is 0 Å². The molecule has 0 amide bonds. The van der Waals surface area contributed by atoms with Crippen molar-refractivity contribution in [2.45, 2.75) is 24.9 Å². The molecule has 0 unspecified atom stereocenters. The highest BCUT2D eigenvalue weighted by molar-refractivity contribution is 6.30. The van der Waals surface area contributed by atoms with Crippen LogP contribution in [0.5, 0.6) is 0 Å².